The van der Waals surface area contributed by atoms with Gasteiger partial charge in [0, 0.05) is 12.1 Å². The molecule has 1 amide bonds. The fourth-order valence-electron chi connectivity index (χ4n) is 1.48. The van der Waals surface area contributed by atoms with Gasteiger partial charge in [0.05, 0.1) is 14.4 Å². The van der Waals surface area contributed by atoms with Gasteiger partial charge in [0.15, 0.2) is 0 Å². The number of amides is 1. The average Bonchev–Trinajstić information content (AvgIpc) is 2.30. The maximum atomic E-state index is 11.9. The SMILES string of the molecule is CC(C)CCNC(=O)c1cc(Cl)c(Br)c(S(N)(=O)=O)c1. The zero-order valence-electron chi connectivity index (χ0n) is 11.1. The molecule has 1 aromatic rings. The molecule has 0 aliphatic heterocycles. The van der Waals surface area contributed by atoms with Crippen molar-refractivity contribution in [1.29, 1.82) is 0 Å². The Kier molecular flexibility index (Phi) is 6.00. The smallest absolute Gasteiger partial charge is 0.251 e. The van der Waals surface area contributed by atoms with Gasteiger partial charge in [0.1, 0.15) is 0 Å². The molecule has 3 N–H and O–H groups in total. The summed E-state index contributed by atoms with van der Waals surface area (Å²) in [5.74, 6) is 0.0775. The molecular weight excluding hydrogens is 368 g/mol. The summed E-state index contributed by atoms with van der Waals surface area (Å²) in [5, 5.41) is 7.91. The van der Waals surface area contributed by atoms with Gasteiger partial charge in [0.2, 0.25) is 10.0 Å². The first-order chi connectivity index (χ1) is 9.12. The number of hydrogen-bond acceptors (Lipinski definition) is 3. The van der Waals surface area contributed by atoms with E-state index in [4.69, 9.17) is 16.7 Å². The number of halogens is 2. The second kappa shape index (κ2) is 6.89. The van der Waals surface area contributed by atoms with Crippen LogP contribution in [0.4, 0.5) is 0 Å². The van der Waals surface area contributed by atoms with Gasteiger partial charge in [-0.15, -0.1) is 0 Å². The molecule has 112 valence electrons. The van der Waals surface area contributed by atoms with Crippen LogP contribution >= 0.6 is 27.5 Å². The number of primary sulfonamides is 1. The third-order valence-corrected chi connectivity index (χ3v) is 5.15. The molecule has 1 aromatic carbocycles. The normalized spacial score (nSPS) is 11.7. The van der Waals surface area contributed by atoms with E-state index in [1.165, 1.54) is 12.1 Å². The molecule has 8 heteroatoms. The number of rotatable bonds is 5. The molecule has 0 aromatic heterocycles. The number of nitrogens with one attached hydrogen (secondary N) is 1. The maximum Gasteiger partial charge on any atom is 0.251 e. The highest BCUT2D eigenvalue weighted by molar-refractivity contribution is 9.10. The molecule has 0 spiro atoms. The van der Waals surface area contributed by atoms with Crippen molar-refractivity contribution in [2.75, 3.05) is 6.54 Å². The van der Waals surface area contributed by atoms with Crippen molar-refractivity contribution in [1.82, 2.24) is 5.32 Å². The lowest BCUT2D eigenvalue weighted by atomic mass is 10.1. The van der Waals surface area contributed by atoms with Gasteiger partial charge in [0.25, 0.3) is 5.91 Å². The van der Waals surface area contributed by atoms with Crippen LogP contribution in [0.15, 0.2) is 21.5 Å². The van der Waals surface area contributed by atoms with E-state index in [1.54, 1.807) is 0 Å². The van der Waals surface area contributed by atoms with E-state index in [0.29, 0.717) is 12.5 Å². The molecular formula is C12H16BrClN2O3S. The van der Waals surface area contributed by atoms with Gasteiger partial charge in [-0.05, 0) is 40.4 Å². The molecule has 20 heavy (non-hydrogen) atoms. The van der Waals surface area contributed by atoms with Crippen LogP contribution in [0.2, 0.25) is 5.02 Å². The molecule has 0 saturated carbocycles. The first kappa shape index (κ1) is 17.4. The molecule has 0 heterocycles. The predicted octanol–water partition coefficient (Wildman–Crippen LogP) is 2.53. The van der Waals surface area contributed by atoms with Crippen LogP contribution in [0, 0.1) is 5.92 Å². The number of hydrogen-bond donors (Lipinski definition) is 2. The van der Waals surface area contributed by atoms with Gasteiger partial charge in [-0.3, -0.25) is 4.79 Å². The van der Waals surface area contributed by atoms with E-state index in [2.05, 4.69) is 21.2 Å². The van der Waals surface area contributed by atoms with Crippen molar-refractivity contribution in [2.45, 2.75) is 25.2 Å². The summed E-state index contributed by atoms with van der Waals surface area (Å²) in [4.78, 5) is 11.7. The molecule has 0 aliphatic carbocycles. The Hall–Kier alpha value is -0.630. The van der Waals surface area contributed by atoms with Crippen molar-refractivity contribution < 1.29 is 13.2 Å². The summed E-state index contributed by atoms with van der Waals surface area (Å²) in [6.07, 6.45) is 0.831. The molecule has 0 atom stereocenters. The Morgan fingerprint density at radius 1 is 1.45 bits per heavy atom. The van der Waals surface area contributed by atoms with Crippen LogP contribution in [-0.4, -0.2) is 20.9 Å². The minimum atomic E-state index is -3.96. The summed E-state index contributed by atoms with van der Waals surface area (Å²) in [6.45, 7) is 4.60. The molecule has 0 unspecified atom stereocenters. The summed E-state index contributed by atoms with van der Waals surface area (Å²) < 4.78 is 23.0. The minimum Gasteiger partial charge on any atom is -0.352 e. The van der Waals surface area contributed by atoms with Gasteiger partial charge in [-0.25, -0.2) is 13.6 Å². The third-order valence-electron chi connectivity index (χ3n) is 2.57. The quantitative estimate of drug-likeness (QED) is 0.818. The van der Waals surface area contributed by atoms with E-state index in [0.717, 1.165) is 6.42 Å². The lowest BCUT2D eigenvalue weighted by Crippen LogP contribution is -2.26. The highest BCUT2D eigenvalue weighted by atomic mass is 79.9. The van der Waals surface area contributed by atoms with Gasteiger partial charge in [-0.1, -0.05) is 25.4 Å². The zero-order valence-corrected chi connectivity index (χ0v) is 14.3. The molecule has 0 radical (unpaired) electrons. The van der Waals surface area contributed by atoms with Crippen molar-refractivity contribution in [3.8, 4) is 0 Å². The number of carbonyl (C=O) groups is 1. The lowest BCUT2D eigenvalue weighted by Gasteiger charge is -2.10. The molecule has 0 fully saturated rings. The highest BCUT2D eigenvalue weighted by Crippen LogP contribution is 2.30. The van der Waals surface area contributed by atoms with Crippen molar-refractivity contribution in [2.24, 2.45) is 11.1 Å². The molecule has 0 aliphatic rings. The van der Waals surface area contributed by atoms with Crippen LogP contribution in [-0.2, 0) is 10.0 Å². The minimum absolute atomic E-state index is 0.116. The average molecular weight is 384 g/mol. The molecule has 0 saturated heterocycles. The topological polar surface area (TPSA) is 89.3 Å². The highest BCUT2D eigenvalue weighted by Gasteiger charge is 2.19. The zero-order chi connectivity index (χ0) is 15.5. The number of carbonyl (C=O) groups excluding carboxylic acids is 1. The fourth-order valence-corrected chi connectivity index (χ4v) is 3.31. The lowest BCUT2D eigenvalue weighted by molar-refractivity contribution is 0.0952. The Balaban J connectivity index is 3.03. The first-order valence-electron chi connectivity index (χ1n) is 5.93. The van der Waals surface area contributed by atoms with Crippen molar-refractivity contribution >= 4 is 43.5 Å². The molecule has 0 bridgehead atoms. The predicted molar refractivity (Wildman–Crippen MR) is 82.3 cm³/mol. The standard InChI is InChI=1S/C12H16BrClN2O3S/c1-7(2)3-4-16-12(17)8-5-9(14)11(13)10(6-8)20(15,18)19/h5-7H,3-4H2,1-2H3,(H,16,17)(H2,15,18,19). The van der Waals surface area contributed by atoms with E-state index >= 15 is 0 Å². The summed E-state index contributed by atoms with van der Waals surface area (Å²) >= 11 is 8.95. The number of benzene rings is 1. The van der Waals surface area contributed by atoms with E-state index in [-0.39, 0.29) is 25.9 Å². The van der Waals surface area contributed by atoms with Gasteiger partial charge >= 0.3 is 0 Å². The van der Waals surface area contributed by atoms with Crippen LogP contribution in [0.25, 0.3) is 0 Å². The van der Waals surface area contributed by atoms with Gasteiger partial charge in [-0.2, -0.15) is 0 Å². The van der Waals surface area contributed by atoms with Crippen LogP contribution in [0.1, 0.15) is 30.6 Å². The largest absolute Gasteiger partial charge is 0.352 e. The summed E-state index contributed by atoms with van der Waals surface area (Å²) in [5.41, 5.74) is 0.158. The van der Waals surface area contributed by atoms with E-state index < -0.39 is 10.0 Å². The maximum absolute atomic E-state index is 11.9. The first-order valence-corrected chi connectivity index (χ1v) is 8.64. The molecule has 1 rings (SSSR count). The summed E-state index contributed by atoms with van der Waals surface area (Å²) in [7, 11) is -3.96. The Morgan fingerprint density at radius 2 is 2.05 bits per heavy atom. The van der Waals surface area contributed by atoms with Crippen LogP contribution in [0.5, 0.6) is 0 Å². The van der Waals surface area contributed by atoms with E-state index in [1.807, 2.05) is 13.8 Å². The van der Waals surface area contributed by atoms with Crippen molar-refractivity contribution in [3.05, 3.63) is 27.2 Å². The van der Waals surface area contributed by atoms with Gasteiger partial charge < -0.3 is 5.32 Å². The van der Waals surface area contributed by atoms with E-state index in [9.17, 15) is 13.2 Å². The van der Waals surface area contributed by atoms with Crippen molar-refractivity contribution in [3.63, 3.8) is 0 Å². The Morgan fingerprint density at radius 3 is 2.55 bits per heavy atom. The fraction of sp³-hybridized carbons (Fsp3) is 0.417. The third kappa shape index (κ3) is 4.73. The number of sulfonamides is 1. The van der Waals surface area contributed by atoms with Crippen LogP contribution in [0.3, 0.4) is 0 Å². The second-order valence-electron chi connectivity index (χ2n) is 4.75. The van der Waals surface area contributed by atoms with Crippen LogP contribution < -0.4 is 10.5 Å². The monoisotopic (exact) mass is 382 g/mol. The second-order valence-corrected chi connectivity index (χ2v) is 7.48. The Labute approximate surface area is 132 Å². The summed E-state index contributed by atoms with van der Waals surface area (Å²) in [6, 6.07) is 2.60. The number of nitrogens with two attached hydrogens (primary N) is 1. The Bertz CT molecular complexity index is 617. The molecule has 5 nitrogen and oxygen atoms in total.